The Morgan fingerprint density at radius 3 is 2.68 bits per heavy atom. The predicted octanol–water partition coefficient (Wildman–Crippen LogP) is 4.40. The third-order valence-electron chi connectivity index (χ3n) is 4.75. The van der Waals surface area contributed by atoms with Gasteiger partial charge in [-0.15, -0.1) is 0 Å². The lowest BCUT2D eigenvalue weighted by atomic mass is 10.1. The molecule has 31 heavy (non-hydrogen) atoms. The first-order valence-electron chi connectivity index (χ1n) is 9.60. The van der Waals surface area contributed by atoms with Gasteiger partial charge in [-0.25, -0.2) is 9.78 Å². The number of hydrogen-bond donors (Lipinski definition) is 2. The van der Waals surface area contributed by atoms with Crippen molar-refractivity contribution in [3.63, 3.8) is 0 Å². The van der Waals surface area contributed by atoms with E-state index in [4.69, 9.17) is 9.84 Å². The van der Waals surface area contributed by atoms with Gasteiger partial charge in [-0.3, -0.25) is 4.98 Å². The van der Waals surface area contributed by atoms with Crippen molar-refractivity contribution in [1.82, 2.24) is 19.7 Å². The number of nitrogens with zero attached hydrogens (tertiary/aromatic N) is 4. The van der Waals surface area contributed by atoms with E-state index in [9.17, 15) is 9.90 Å². The van der Waals surface area contributed by atoms with E-state index in [1.54, 1.807) is 42.3 Å². The number of benzene rings is 2. The predicted molar refractivity (Wildman–Crippen MR) is 117 cm³/mol. The van der Waals surface area contributed by atoms with Crippen molar-refractivity contribution in [3.8, 4) is 22.8 Å². The molecule has 2 N–H and O–H groups in total. The third kappa shape index (κ3) is 4.09. The second-order valence-electron chi connectivity index (χ2n) is 6.95. The fraction of sp³-hybridized carbons (Fsp3) is 0.130. The molecule has 0 aliphatic carbocycles. The molecule has 2 aromatic heterocycles. The number of ether oxygens (including phenoxy) is 1. The van der Waals surface area contributed by atoms with E-state index in [1.807, 2.05) is 44.2 Å². The van der Waals surface area contributed by atoms with Gasteiger partial charge in [0, 0.05) is 17.8 Å². The number of carboxylic acids is 1. The highest BCUT2D eigenvalue weighted by Crippen LogP contribution is 2.30. The number of para-hydroxylation sites is 1. The molecule has 2 heterocycles. The van der Waals surface area contributed by atoms with Gasteiger partial charge in [-0.1, -0.05) is 24.3 Å². The van der Waals surface area contributed by atoms with Gasteiger partial charge < -0.3 is 15.2 Å². The van der Waals surface area contributed by atoms with Gasteiger partial charge in [0.25, 0.3) is 0 Å². The van der Waals surface area contributed by atoms with Crippen LogP contribution in [-0.2, 0) is 0 Å². The second-order valence-corrected chi connectivity index (χ2v) is 6.95. The van der Waals surface area contributed by atoms with E-state index in [-0.39, 0.29) is 5.56 Å². The SMILES string of the molecule is COc1cccc(-c2cc(Nc3ccccc3C(=O)O)n(-c3nc(C)cnc3C)n2)c1. The third-order valence-corrected chi connectivity index (χ3v) is 4.75. The first kappa shape index (κ1) is 20.1. The number of aryl methyl sites for hydroxylation is 2. The maximum Gasteiger partial charge on any atom is 0.337 e. The van der Waals surface area contributed by atoms with Gasteiger partial charge in [0.1, 0.15) is 11.6 Å². The number of methoxy groups -OCH3 is 1. The number of hydrogen-bond acceptors (Lipinski definition) is 6. The zero-order chi connectivity index (χ0) is 22.0. The number of anilines is 2. The van der Waals surface area contributed by atoms with Crippen molar-refractivity contribution in [1.29, 1.82) is 0 Å². The van der Waals surface area contributed by atoms with Crippen LogP contribution in [0, 0.1) is 13.8 Å². The Hall–Kier alpha value is -4.20. The highest BCUT2D eigenvalue weighted by atomic mass is 16.5. The van der Waals surface area contributed by atoms with E-state index in [2.05, 4.69) is 15.3 Å². The number of rotatable bonds is 6. The maximum absolute atomic E-state index is 11.7. The molecular weight excluding hydrogens is 394 g/mol. The van der Waals surface area contributed by atoms with E-state index in [0.717, 1.165) is 11.3 Å². The molecule has 0 spiro atoms. The average Bonchev–Trinajstić information content (AvgIpc) is 3.19. The van der Waals surface area contributed by atoms with Crippen molar-refractivity contribution in [2.75, 3.05) is 12.4 Å². The maximum atomic E-state index is 11.7. The molecule has 0 atom stereocenters. The molecule has 4 aromatic rings. The van der Waals surface area contributed by atoms with Crippen molar-refractivity contribution < 1.29 is 14.6 Å². The second kappa shape index (κ2) is 8.27. The summed E-state index contributed by atoms with van der Waals surface area (Å²) in [4.78, 5) is 20.7. The molecule has 0 aliphatic rings. The summed E-state index contributed by atoms with van der Waals surface area (Å²) in [6, 6.07) is 16.1. The number of carbonyl (C=O) groups is 1. The van der Waals surface area contributed by atoms with Gasteiger partial charge >= 0.3 is 5.97 Å². The van der Waals surface area contributed by atoms with E-state index in [0.29, 0.717) is 34.5 Å². The Morgan fingerprint density at radius 1 is 1.10 bits per heavy atom. The normalized spacial score (nSPS) is 10.7. The number of carboxylic acid groups (broad SMARTS) is 1. The van der Waals surface area contributed by atoms with Crippen LogP contribution in [0.4, 0.5) is 11.5 Å². The molecule has 156 valence electrons. The van der Waals surface area contributed by atoms with Gasteiger partial charge in [0.05, 0.1) is 35.4 Å². The minimum absolute atomic E-state index is 0.158. The van der Waals surface area contributed by atoms with Gasteiger partial charge in [-0.05, 0) is 38.1 Å². The topological polar surface area (TPSA) is 102 Å². The first-order valence-corrected chi connectivity index (χ1v) is 9.60. The fourth-order valence-electron chi connectivity index (χ4n) is 3.20. The molecule has 0 radical (unpaired) electrons. The summed E-state index contributed by atoms with van der Waals surface area (Å²) >= 11 is 0. The first-order chi connectivity index (χ1) is 15.0. The summed E-state index contributed by atoms with van der Waals surface area (Å²) in [7, 11) is 1.61. The van der Waals surface area contributed by atoms with Crippen molar-refractivity contribution in [2.24, 2.45) is 0 Å². The van der Waals surface area contributed by atoms with Crippen LogP contribution in [0.5, 0.6) is 5.75 Å². The van der Waals surface area contributed by atoms with Crippen molar-refractivity contribution in [3.05, 3.63) is 77.7 Å². The van der Waals surface area contributed by atoms with E-state index >= 15 is 0 Å². The summed E-state index contributed by atoms with van der Waals surface area (Å²) < 4.78 is 6.97. The van der Waals surface area contributed by atoms with E-state index < -0.39 is 5.97 Å². The van der Waals surface area contributed by atoms with Gasteiger partial charge in [-0.2, -0.15) is 9.78 Å². The highest BCUT2D eigenvalue weighted by molar-refractivity contribution is 5.95. The van der Waals surface area contributed by atoms with Crippen LogP contribution in [0.25, 0.3) is 17.1 Å². The monoisotopic (exact) mass is 415 g/mol. The smallest absolute Gasteiger partial charge is 0.337 e. The number of nitrogens with one attached hydrogen (secondary N) is 1. The van der Waals surface area contributed by atoms with Crippen LogP contribution in [0.3, 0.4) is 0 Å². The molecule has 2 aromatic carbocycles. The van der Waals surface area contributed by atoms with Crippen LogP contribution in [0.1, 0.15) is 21.7 Å². The largest absolute Gasteiger partial charge is 0.497 e. The molecule has 4 rings (SSSR count). The molecule has 0 saturated heterocycles. The molecule has 0 aliphatic heterocycles. The minimum atomic E-state index is -1.02. The van der Waals surface area contributed by atoms with Crippen molar-refractivity contribution >= 4 is 17.5 Å². The quantitative estimate of drug-likeness (QED) is 0.481. The van der Waals surface area contributed by atoms with Crippen LogP contribution in [-0.4, -0.2) is 37.9 Å². The average molecular weight is 415 g/mol. The Balaban J connectivity index is 1.87. The van der Waals surface area contributed by atoms with Crippen LogP contribution in [0.15, 0.2) is 60.8 Å². The summed E-state index contributed by atoms with van der Waals surface area (Å²) in [6.45, 7) is 3.71. The molecule has 0 amide bonds. The minimum Gasteiger partial charge on any atom is -0.497 e. The van der Waals surface area contributed by atoms with E-state index in [1.165, 1.54) is 0 Å². The fourth-order valence-corrected chi connectivity index (χ4v) is 3.20. The number of aromatic nitrogens is 4. The Kier molecular flexibility index (Phi) is 5.36. The van der Waals surface area contributed by atoms with Gasteiger partial charge in [0.15, 0.2) is 5.82 Å². The molecule has 8 nitrogen and oxygen atoms in total. The lowest BCUT2D eigenvalue weighted by Crippen LogP contribution is -2.10. The lowest BCUT2D eigenvalue weighted by molar-refractivity contribution is 0.0698. The molecule has 0 unspecified atom stereocenters. The van der Waals surface area contributed by atoms with Crippen LogP contribution in [0.2, 0.25) is 0 Å². The van der Waals surface area contributed by atoms with Crippen molar-refractivity contribution in [2.45, 2.75) is 13.8 Å². The standard InChI is InChI=1S/C23H21N5O3/c1-14-13-24-15(2)22(25-14)28-21(26-19-10-5-4-9-18(19)23(29)30)12-20(27-28)16-7-6-8-17(11-16)31-3/h4-13,26H,1-3H3,(H,29,30). The summed E-state index contributed by atoms with van der Waals surface area (Å²) in [5, 5.41) is 17.5. The zero-order valence-corrected chi connectivity index (χ0v) is 17.3. The molecule has 0 bridgehead atoms. The Bertz CT molecular complexity index is 1270. The highest BCUT2D eigenvalue weighted by Gasteiger charge is 2.18. The molecule has 0 saturated carbocycles. The van der Waals surface area contributed by atoms with Crippen LogP contribution >= 0.6 is 0 Å². The molecule has 0 fully saturated rings. The van der Waals surface area contributed by atoms with Gasteiger partial charge in [0.2, 0.25) is 0 Å². The zero-order valence-electron chi connectivity index (χ0n) is 17.3. The lowest BCUT2D eigenvalue weighted by Gasteiger charge is -2.12. The Morgan fingerprint density at radius 2 is 1.90 bits per heavy atom. The number of aromatic carboxylic acids is 1. The summed E-state index contributed by atoms with van der Waals surface area (Å²) in [5.41, 5.74) is 3.58. The molecule has 8 heteroatoms. The molecular formula is C23H21N5O3. The Labute approximate surface area is 179 Å². The van der Waals surface area contributed by atoms with Crippen LogP contribution < -0.4 is 10.1 Å². The summed E-state index contributed by atoms with van der Waals surface area (Å²) in [5.74, 6) is 0.817. The summed E-state index contributed by atoms with van der Waals surface area (Å²) in [6.07, 6.45) is 1.69.